The smallest absolute Gasteiger partial charge is 0.183 e. The fraction of sp³-hybridized carbons (Fsp3) is 0.200. The maximum absolute atomic E-state index is 5.35. The molecule has 0 aromatic heterocycles. The molecule has 0 aliphatic carbocycles. The lowest BCUT2D eigenvalue weighted by Crippen LogP contribution is -2.05. The summed E-state index contributed by atoms with van der Waals surface area (Å²) in [5, 5.41) is 0. The predicted molar refractivity (Wildman–Crippen MR) is 76.3 cm³/mol. The molecule has 0 saturated carbocycles. The molecule has 0 heterocycles. The fourth-order valence-corrected chi connectivity index (χ4v) is 2.48. The first-order chi connectivity index (χ1) is 8.77. The second-order valence-corrected chi connectivity index (χ2v) is 4.72. The molecule has 2 aromatic carbocycles. The number of benzene rings is 2. The lowest BCUT2D eigenvalue weighted by Gasteiger charge is -2.18. The van der Waals surface area contributed by atoms with Crippen LogP contribution in [-0.2, 0) is 9.47 Å². The molecule has 94 valence electrons. The van der Waals surface area contributed by atoms with Gasteiger partial charge in [-0.3, -0.25) is 0 Å². The molecule has 0 aliphatic rings. The maximum Gasteiger partial charge on any atom is 0.183 e. The standard InChI is InChI=1S/C15H15BrO2/c1-17-15(18-2)13-9-4-3-7-11(13)12-8-5-6-10-14(12)16/h3-10,15H,1-2H3. The van der Waals surface area contributed by atoms with Gasteiger partial charge in [-0.2, -0.15) is 0 Å². The first-order valence-electron chi connectivity index (χ1n) is 5.67. The molecule has 2 aromatic rings. The molecule has 2 rings (SSSR count). The molecule has 0 spiro atoms. The monoisotopic (exact) mass is 306 g/mol. The van der Waals surface area contributed by atoms with Gasteiger partial charge in [-0.15, -0.1) is 0 Å². The first-order valence-corrected chi connectivity index (χ1v) is 6.46. The van der Waals surface area contributed by atoms with Gasteiger partial charge in [-0.1, -0.05) is 58.4 Å². The summed E-state index contributed by atoms with van der Waals surface area (Å²) >= 11 is 3.58. The van der Waals surface area contributed by atoms with Crippen molar-refractivity contribution in [1.82, 2.24) is 0 Å². The van der Waals surface area contributed by atoms with Gasteiger partial charge in [0.05, 0.1) is 0 Å². The summed E-state index contributed by atoms with van der Waals surface area (Å²) in [5.41, 5.74) is 3.26. The van der Waals surface area contributed by atoms with Crippen LogP contribution in [0.2, 0.25) is 0 Å². The quantitative estimate of drug-likeness (QED) is 0.779. The molecule has 0 aliphatic heterocycles. The third kappa shape index (κ3) is 2.64. The minimum Gasteiger partial charge on any atom is -0.352 e. The molecule has 0 saturated heterocycles. The van der Waals surface area contributed by atoms with E-state index in [1.165, 1.54) is 0 Å². The lowest BCUT2D eigenvalue weighted by molar-refractivity contribution is -0.105. The zero-order valence-corrected chi connectivity index (χ0v) is 12.0. The highest BCUT2D eigenvalue weighted by molar-refractivity contribution is 9.10. The number of methoxy groups -OCH3 is 2. The van der Waals surface area contributed by atoms with Crippen molar-refractivity contribution in [2.45, 2.75) is 6.29 Å². The summed E-state index contributed by atoms with van der Waals surface area (Å²) < 4.78 is 11.8. The summed E-state index contributed by atoms with van der Waals surface area (Å²) in [4.78, 5) is 0. The Morgan fingerprint density at radius 1 is 0.833 bits per heavy atom. The van der Waals surface area contributed by atoms with Crippen LogP contribution in [0.15, 0.2) is 53.0 Å². The van der Waals surface area contributed by atoms with Crippen LogP contribution in [0, 0.1) is 0 Å². The van der Waals surface area contributed by atoms with Crippen LogP contribution in [0.5, 0.6) is 0 Å². The Kier molecular flexibility index (Phi) is 4.53. The number of hydrogen-bond donors (Lipinski definition) is 0. The van der Waals surface area contributed by atoms with E-state index in [1.54, 1.807) is 14.2 Å². The number of hydrogen-bond acceptors (Lipinski definition) is 2. The molecule has 0 radical (unpaired) electrons. The average molecular weight is 307 g/mol. The highest BCUT2D eigenvalue weighted by atomic mass is 79.9. The van der Waals surface area contributed by atoms with E-state index in [-0.39, 0.29) is 6.29 Å². The highest BCUT2D eigenvalue weighted by Crippen LogP contribution is 2.34. The summed E-state index contributed by atoms with van der Waals surface area (Å²) in [6.45, 7) is 0. The molecule has 3 heteroatoms. The van der Waals surface area contributed by atoms with Gasteiger partial charge in [0.25, 0.3) is 0 Å². The van der Waals surface area contributed by atoms with Crippen LogP contribution in [0.4, 0.5) is 0 Å². The van der Waals surface area contributed by atoms with Crippen molar-refractivity contribution in [3.63, 3.8) is 0 Å². The van der Waals surface area contributed by atoms with Crippen molar-refractivity contribution < 1.29 is 9.47 Å². The van der Waals surface area contributed by atoms with Crippen LogP contribution < -0.4 is 0 Å². The molecule has 0 amide bonds. The topological polar surface area (TPSA) is 18.5 Å². The van der Waals surface area contributed by atoms with E-state index in [2.05, 4.69) is 28.1 Å². The van der Waals surface area contributed by atoms with Crippen LogP contribution in [0.25, 0.3) is 11.1 Å². The predicted octanol–water partition coefficient (Wildman–Crippen LogP) is 4.41. The van der Waals surface area contributed by atoms with Gasteiger partial charge in [-0.05, 0) is 17.2 Å². The maximum atomic E-state index is 5.35. The third-order valence-corrected chi connectivity index (χ3v) is 3.50. The van der Waals surface area contributed by atoms with Crippen LogP contribution in [0.1, 0.15) is 11.9 Å². The van der Waals surface area contributed by atoms with E-state index in [9.17, 15) is 0 Å². The van der Waals surface area contributed by atoms with Gasteiger partial charge in [0, 0.05) is 24.3 Å². The van der Waals surface area contributed by atoms with Gasteiger partial charge >= 0.3 is 0 Å². The van der Waals surface area contributed by atoms with Crippen molar-refractivity contribution in [3.05, 3.63) is 58.6 Å². The van der Waals surface area contributed by atoms with Crippen molar-refractivity contribution in [2.75, 3.05) is 14.2 Å². The Morgan fingerprint density at radius 2 is 1.39 bits per heavy atom. The molecule has 0 unspecified atom stereocenters. The van der Waals surface area contributed by atoms with Gasteiger partial charge in [-0.25, -0.2) is 0 Å². The molecule has 0 N–H and O–H groups in total. The van der Waals surface area contributed by atoms with Crippen LogP contribution in [-0.4, -0.2) is 14.2 Å². The summed E-state index contributed by atoms with van der Waals surface area (Å²) in [7, 11) is 3.29. The van der Waals surface area contributed by atoms with E-state index >= 15 is 0 Å². The van der Waals surface area contributed by atoms with Crippen LogP contribution >= 0.6 is 15.9 Å². The minimum atomic E-state index is -0.353. The normalized spacial score (nSPS) is 10.9. The van der Waals surface area contributed by atoms with Crippen molar-refractivity contribution >= 4 is 15.9 Å². The van der Waals surface area contributed by atoms with Gasteiger partial charge < -0.3 is 9.47 Å². The second-order valence-electron chi connectivity index (χ2n) is 3.87. The second kappa shape index (κ2) is 6.14. The molecule has 0 atom stereocenters. The van der Waals surface area contributed by atoms with E-state index < -0.39 is 0 Å². The largest absolute Gasteiger partial charge is 0.352 e. The number of rotatable bonds is 4. The lowest BCUT2D eigenvalue weighted by atomic mass is 9.99. The Bertz CT molecular complexity index is 521. The first kappa shape index (κ1) is 13.3. The molecule has 18 heavy (non-hydrogen) atoms. The molecule has 0 fully saturated rings. The Balaban J connectivity index is 2.55. The zero-order valence-electron chi connectivity index (χ0n) is 10.4. The van der Waals surface area contributed by atoms with Crippen molar-refractivity contribution in [3.8, 4) is 11.1 Å². The minimum absolute atomic E-state index is 0.353. The van der Waals surface area contributed by atoms with E-state index in [0.29, 0.717) is 0 Å². The van der Waals surface area contributed by atoms with Crippen LogP contribution in [0.3, 0.4) is 0 Å². The van der Waals surface area contributed by atoms with Gasteiger partial charge in [0.1, 0.15) is 0 Å². The Morgan fingerprint density at radius 3 is 2.00 bits per heavy atom. The zero-order chi connectivity index (χ0) is 13.0. The fourth-order valence-electron chi connectivity index (χ4n) is 1.98. The average Bonchev–Trinajstić information content (AvgIpc) is 2.41. The van der Waals surface area contributed by atoms with E-state index in [1.807, 2.05) is 36.4 Å². The number of halogens is 1. The molecule has 2 nitrogen and oxygen atoms in total. The summed E-state index contributed by atoms with van der Waals surface area (Å²) in [6.07, 6.45) is -0.353. The summed E-state index contributed by atoms with van der Waals surface area (Å²) in [6, 6.07) is 16.2. The highest BCUT2D eigenvalue weighted by Gasteiger charge is 2.15. The van der Waals surface area contributed by atoms with Crippen molar-refractivity contribution in [2.24, 2.45) is 0 Å². The number of ether oxygens (including phenoxy) is 2. The van der Waals surface area contributed by atoms with Gasteiger partial charge in [0.2, 0.25) is 0 Å². The summed E-state index contributed by atoms with van der Waals surface area (Å²) in [5.74, 6) is 0. The molecular weight excluding hydrogens is 292 g/mol. The Hall–Kier alpha value is -1.16. The van der Waals surface area contributed by atoms with Gasteiger partial charge in [0.15, 0.2) is 6.29 Å². The third-order valence-electron chi connectivity index (χ3n) is 2.81. The van der Waals surface area contributed by atoms with E-state index in [0.717, 1.165) is 21.2 Å². The molecular formula is C15H15BrO2. The van der Waals surface area contributed by atoms with Crippen molar-refractivity contribution in [1.29, 1.82) is 0 Å². The SMILES string of the molecule is COC(OC)c1ccccc1-c1ccccc1Br. The van der Waals surface area contributed by atoms with E-state index in [4.69, 9.17) is 9.47 Å². The molecule has 0 bridgehead atoms. The Labute approximate surface area is 116 Å².